The lowest BCUT2D eigenvalue weighted by molar-refractivity contribution is 0.361. The lowest BCUT2D eigenvalue weighted by atomic mass is 9.82. The molecule has 5 heteroatoms. The predicted octanol–water partition coefficient (Wildman–Crippen LogP) is 13.1. The zero-order chi connectivity index (χ0) is 36.7. The number of fused-ring (bicyclic) bond motifs is 9. The Morgan fingerprint density at radius 2 is 1.00 bits per heavy atom. The Morgan fingerprint density at radius 3 is 1.84 bits per heavy atom. The molecule has 8 aromatic carbocycles. The first kappa shape index (κ1) is 31.4. The third-order valence-electron chi connectivity index (χ3n) is 11.2. The summed E-state index contributed by atoms with van der Waals surface area (Å²) in [6, 6.07) is 56.6. The molecule has 260 valence electrons. The van der Waals surface area contributed by atoms with E-state index >= 15 is 0 Å². The van der Waals surface area contributed by atoms with Crippen molar-refractivity contribution in [3.63, 3.8) is 0 Å². The Hall–Kier alpha value is -7.11. The SMILES string of the molecule is CC1(C)c2ccccc2-c2c1ccc1c2Oc2cccc(-c3ccc(-c4nc(-c5ccccc5)nc(-c5ccc6c(ccc7ccccc76)c5)n4)cc3)c2O1. The van der Waals surface area contributed by atoms with Crippen LogP contribution in [0.3, 0.4) is 0 Å². The van der Waals surface area contributed by atoms with E-state index in [1.165, 1.54) is 32.8 Å². The van der Waals surface area contributed by atoms with E-state index in [2.05, 4.69) is 129 Å². The second-order valence-corrected chi connectivity index (χ2v) is 14.8. The van der Waals surface area contributed by atoms with Crippen molar-refractivity contribution >= 4 is 21.5 Å². The van der Waals surface area contributed by atoms with E-state index in [4.69, 9.17) is 24.4 Å². The molecule has 0 amide bonds. The molecule has 0 unspecified atom stereocenters. The summed E-state index contributed by atoms with van der Waals surface area (Å²) >= 11 is 0. The summed E-state index contributed by atoms with van der Waals surface area (Å²) in [4.78, 5) is 15.0. The monoisotopic (exact) mass is 707 g/mol. The van der Waals surface area contributed by atoms with Crippen molar-refractivity contribution < 1.29 is 9.47 Å². The highest BCUT2D eigenvalue weighted by Gasteiger charge is 2.39. The van der Waals surface area contributed by atoms with Crippen molar-refractivity contribution in [2.75, 3.05) is 0 Å². The van der Waals surface area contributed by atoms with Gasteiger partial charge in [0.15, 0.2) is 40.5 Å². The lowest BCUT2D eigenvalue weighted by Gasteiger charge is -2.26. The van der Waals surface area contributed by atoms with Gasteiger partial charge < -0.3 is 9.47 Å². The summed E-state index contributed by atoms with van der Waals surface area (Å²) in [5.41, 5.74) is 9.44. The van der Waals surface area contributed by atoms with Crippen LogP contribution in [0.4, 0.5) is 0 Å². The van der Waals surface area contributed by atoms with Crippen LogP contribution in [0.5, 0.6) is 23.0 Å². The van der Waals surface area contributed by atoms with Crippen LogP contribution in [0.2, 0.25) is 0 Å². The van der Waals surface area contributed by atoms with Crippen molar-refractivity contribution in [1.29, 1.82) is 0 Å². The molecule has 1 aromatic heterocycles. The van der Waals surface area contributed by atoms with Crippen molar-refractivity contribution in [1.82, 2.24) is 15.0 Å². The molecular weight excluding hydrogens is 675 g/mol. The maximum atomic E-state index is 6.73. The van der Waals surface area contributed by atoms with Crippen molar-refractivity contribution in [3.8, 4) is 79.4 Å². The van der Waals surface area contributed by atoms with E-state index in [0.29, 0.717) is 29.0 Å². The fourth-order valence-electron chi connectivity index (χ4n) is 8.37. The number of ether oxygens (including phenoxy) is 2. The van der Waals surface area contributed by atoms with E-state index in [9.17, 15) is 0 Å². The molecular formula is C50H33N3O2. The summed E-state index contributed by atoms with van der Waals surface area (Å²) in [5.74, 6) is 4.75. The molecule has 0 spiro atoms. The van der Waals surface area contributed by atoms with Crippen LogP contribution >= 0.6 is 0 Å². The van der Waals surface area contributed by atoms with E-state index in [1.54, 1.807) is 0 Å². The minimum atomic E-state index is -0.125. The molecule has 0 fully saturated rings. The first-order chi connectivity index (χ1) is 27.0. The Kier molecular flexibility index (Phi) is 6.83. The predicted molar refractivity (Wildman–Crippen MR) is 221 cm³/mol. The summed E-state index contributed by atoms with van der Waals surface area (Å²) in [6.07, 6.45) is 0. The number of nitrogens with zero attached hydrogens (tertiary/aromatic N) is 3. The minimum absolute atomic E-state index is 0.125. The Labute approximate surface area is 318 Å². The first-order valence-corrected chi connectivity index (χ1v) is 18.6. The average molecular weight is 708 g/mol. The summed E-state index contributed by atoms with van der Waals surface area (Å²) in [7, 11) is 0. The number of hydrogen-bond acceptors (Lipinski definition) is 5. The van der Waals surface area contributed by atoms with Crippen LogP contribution in [-0.4, -0.2) is 15.0 Å². The van der Waals surface area contributed by atoms with Gasteiger partial charge >= 0.3 is 0 Å². The van der Waals surface area contributed by atoms with Gasteiger partial charge in [0.25, 0.3) is 0 Å². The van der Waals surface area contributed by atoms with Gasteiger partial charge in [-0.15, -0.1) is 0 Å². The van der Waals surface area contributed by atoms with Crippen molar-refractivity contribution in [2.24, 2.45) is 0 Å². The smallest absolute Gasteiger partial charge is 0.178 e. The number of aromatic nitrogens is 3. The third kappa shape index (κ3) is 4.97. The number of hydrogen-bond donors (Lipinski definition) is 0. The fraction of sp³-hybridized carbons (Fsp3) is 0.0600. The van der Waals surface area contributed by atoms with Crippen LogP contribution in [0.1, 0.15) is 25.0 Å². The van der Waals surface area contributed by atoms with E-state index in [1.807, 2.05) is 48.5 Å². The molecule has 9 aromatic rings. The quantitative estimate of drug-likeness (QED) is 0.170. The maximum Gasteiger partial charge on any atom is 0.178 e. The van der Waals surface area contributed by atoms with Gasteiger partial charge in [0.1, 0.15) is 0 Å². The van der Waals surface area contributed by atoms with Crippen molar-refractivity contribution in [2.45, 2.75) is 19.3 Å². The van der Waals surface area contributed by atoms with Gasteiger partial charge in [0.2, 0.25) is 0 Å². The molecule has 0 bridgehead atoms. The molecule has 2 heterocycles. The van der Waals surface area contributed by atoms with Gasteiger partial charge in [-0.3, -0.25) is 0 Å². The second-order valence-electron chi connectivity index (χ2n) is 14.8. The Balaban J connectivity index is 0.965. The molecule has 0 radical (unpaired) electrons. The highest BCUT2D eigenvalue weighted by molar-refractivity contribution is 6.08. The lowest BCUT2D eigenvalue weighted by Crippen LogP contribution is -2.15. The molecule has 2 aliphatic rings. The number of para-hydroxylation sites is 1. The van der Waals surface area contributed by atoms with Crippen molar-refractivity contribution in [3.05, 3.63) is 175 Å². The topological polar surface area (TPSA) is 57.1 Å². The average Bonchev–Trinajstić information content (AvgIpc) is 3.48. The van der Waals surface area contributed by atoms with Gasteiger partial charge in [-0.25, -0.2) is 15.0 Å². The molecule has 0 saturated carbocycles. The van der Waals surface area contributed by atoms with Crippen LogP contribution in [-0.2, 0) is 5.41 Å². The highest BCUT2D eigenvalue weighted by atomic mass is 16.6. The summed E-state index contributed by atoms with van der Waals surface area (Å²) < 4.78 is 13.4. The number of benzene rings is 8. The molecule has 55 heavy (non-hydrogen) atoms. The van der Waals surface area contributed by atoms with Gasteiger partial charge in [-0.1, -0.05) is 159 Å². The summed E-state index contributed by atoms with van der Waals surface area (Å²) in [6.45, 7) is 4.54. The normalized spacial score (nSPS) is 13.3. The Bertz CT molecular complexity index is 3010. The van der Waals surface area contributed by atoms with Gasteiger partial charge in [0.05, 0.1) is 0 Å². The summed E-state index contributed by atoms with van der Waals surface area (Å²) in [5, 5.41) is 4.79. The fourth-order valence-corrected chi connectivity index (χ4v) is 8.37. The van der Waals surface area contributed by atoms with Crippen LogP contribution < -0.4 is 9.47 Å². The molecule has 0 atom stereocenters. The zero-order valence-corrected chi connectivity index (χ0v) is 30.2. The third-order valence-corrected chi connectivity index (χ3v) is 11.2. The first-order valence-electron chi connectivity index (χ1n) is 18.6. The van der Waals surface area contributed by atoms with Gasteiger partial charge in [-0.05, 0) is 62.0 Å². The molecule has 5 nitrogen and oxygen atoms in total. The van der Waals surface area contributed by atoms with Gasteiger partial charge in [0, 0.05) is 33.2 Å². The minimum Gasteiger partial charge on any atom is -0.449 e. The maximum absolute atomic E-state index is 6.73. The molecule has 11 rings (SSSR count). The van der Waals surface area contributed by atoms with E-state index in [0.717, 1.165) is 50.3 Å². The number of rotatable bonds is 4. The van der Waals surface area contributed by atoms with E-state index in [-0.39, 0.29) is 5.41 Å². The van der Waals surface area contributed by atoms with Crippen LogP contribution in [0.25, 0.3) is 78.0 Å². The molecule has 0 N–H and O–H groups in total. The van der Waals surface area contributed by atoms with Crippen LogP contribution in [0, 0.1) is 0 Å². The molecule has 1 aliphatic carbocycles. The highest BCUT2D eigenvalue weighted by Crippen LogP contribution is 2.59. The standard InChI is InChI=1S/C50H33N3O2/c1-50(2)40-17-9-8-15-39(40)44-41(50)27-28-43-46(44)55-42-18-10-16-38(45(42)54-43)31-19-22-33(23-20-31)48-51-47(32-12-4-3-5-13-32)52-49(53-48)35-25-26-37-34(29-35)24-21-30-11-6-7-14-36(30)37/h3-29H,1-2H3. The zero-order valence-electron chi connectivity index (χ0n) is 30.2. The van der Waals surface area contributed by atoms with Gasteiger partial charge in [-0.2, -0.15) is 0 Å². The second kappa shape index (κ2) is 12.0. The van der Waals surface area contributed by atoms with Crippen LogP contribution in [0.15, 0.2) is 164 Å². The molecule has 1 aliphatic heterocycles. The molecule has 0 saturated heterocycles. The van der Waals surface area contributed by atoms with E-state index < -0.39 is 0 Å². The Morgan fingerprint density at radius 1 is 0.400 bits per heavy atom. The largest absolute Gasteiger partial charge is 0.449 e.